The Labute approximate surface area is 140 Å². The molecule has 0 aliphatic heterocycles. The monoisotopic (exact) mass is 321 g/mol. The standard InChI is InChI=1S/C17H19N7/c1-23(10-15-22-19-11-24(15)2)17-13-6-3-7-14(13)20-16(21-17)12-5-4-8-18-9-12/h4-5,8-9,11H,3,6-7,10H2,1-2H3. The summed E-state index contributed by atoms with van der Waals surface area (Å²) >= 11 is 0. The van der Waals surface area contributed by atoms with Crippen LogP contribution >= 0.6 is 0 Å². The van der Waals surface area contributed by atoms with Crippen LogP contribution in [0.3, 0.4) is 0 Å². The van der Waals surface area contributed by atoms with Gasteiger partial charge in [0.2, 0.25) is 0 Å². The van der Waals surface area contributed by atoms with Gasteiger partial charge in [0.25, 0.3) is 0 Å². The maximum atomic E-state index is 4.84. The molecule has 3 aromatic heterocycles. The lowest BCUT2D eigenvalue weighted by Crippen LogP contribution is -2.22. The Morgan fingerprint density at radius 3 is 2.92 bits per heavy atom. The highest BCUT2D eigenvalue weighted by Gasteiger charge is 2.22. The molecule has 24 heavy (non-hydrogen) atoms. The van der Waals surface area contributed by atoms with Crippen molar-refractivity contribution in [3.63, 3.8) is 0 Å². The molecule has 1 aliphatic carbocycles. The van der Waals surface area contributed by atoms with Crippen molar-refractivity contribution in [3.8, 4) is 11.4 Å². The summed E-state index contributed by atoms with van der Waals surface area (Å²) < 4.78 is 1.93. The highest BCUT2D eigenvalue weighted by Crippen LogP contribution is 2.31. The van der Waals surface area contributed by atoms with Gasteiger partial charge in [-0.3, -0.25) is 4.98 Å². The number of hydrogen-bond acceptors (Lipinski definition) is 6. The van der Waals surface area contributed by atoms with Crippen molar-refractivity contribution in [3.05, 3.63) is 47.9 Å². The number of rotatable bonds is 4. The van der Waals surface area contributed by atoms with Gasteiger partial charge in [0.1, 0.15) is 12.1 Å². The second-order valence-corrected chi connectivity index (χ2v) is 6.11. The minimum absolute atomic E-state index is 0.659. The number of aromatic nitrogens is 6. The average Bonchev–Trinajstić information content (AvgIpc) is 3.24. The van der Waals surface area contributed by atoms with Gasteiger partial charge in [-0.15, -0.1) is 10.2 Å². The van der Waals surface area contributed by atoms with E-state index in [4.69, 9.17) is 9.97 Å². The molecule has 0 radical (unpaired) electrons. The molecule has 0 spiro atoms. The predicted molar refractivity (Wildman–Crippen MR) is 90.4 cm³/mol. The maximum absolute atomic E-state index is 4.84. The average molecular weight is 321 g/mol. The van der Waals surface area contributed by atoms with Gasteiger partial charge >= 0.3 is 0 Å². The maximum Gasteiger partial charge on any atom is 0.163 e. The Morgan fingerprint density at radius 1 is 1.25 bits per heavy atom. The third kappa shape index (κ3) is 2.62. The van der Waals surface area contributed by atoms with E-state index in [0.29, 0.717) is 6.54 Å². The lowest BCUT2D eigenvalue weighted by molar-refractivity contribution is 0.749. The van der Waals surface area contributed by atoms with Crippen LogP contribution in [-0.4, -0.2) is 36.8 Å². The number of aryl methyl sites for hydroxylation is 2. The lowest BCUT2D eigenvalue weighted by Gasteiger charge is -2.21. The fourth-order valence-corrected chi connectivity index (χ4v) is 3.09. The zero-order valence-corrected chi connectivity index (χ0v) is 13.8. The van der Waals surface area contributed by atoms with Crippen molar-refractivity contribution in [2.45, 2.75) is 25.8 Å². The van der Waals surface area contributed by atoms with Crippen LogP contribution < -0.4 is 4.90 Å². The van der Waals surface area contributed by atoms with E-state index in [-0.39, 0.29) is 0 Å². The first kappa shape index (κ1) is 14.7. The molecule has 0 saturated carbocycles. The van der Waals surface area contributed by atoms with E-state index in [1.165, 1.54) is 5.56 Å². The quantitative estimate of drug-likeness (QED) is 0.729. The zero-order chi connectivity index (χ0) is 16.5. The van der Waals surface area contributed by atoms with Crippen LogP contribution in [0.15, 0.2) is 30.9 Å². The van der Waals surface area contributed by atoms with E-state index in [0.717, 1.165) is 48.0 Å². The molecule has 122 valence electrons. The number of fused-ring (bicyclic) bond motifs is 1. The molecule has 1 aliphatic rings. The normalized spacial score (nSPS) is 13.1. The van der Waals surface area contributed by atoms with E-state index in [9.17, 15) is 0 Å². The van der Waals surface area contributed by atoms with E-state index >= 15 is 0 Å². The molecule has 3 heterocycles. The second kappa shape index (κ2) is 5.99. The van der Waals surface area contributed by atoms with Crippen LogP contribution in [0, 0.1) is 0 Å². The van der Waals surface area contributed by atoms with Gasteiger partial charge in [-0.1, -0.05) is 0 Å². The van der Waals surface area contributed by atoms with Crippen LogP contribution in [0.25, 0.3) is 11.4 Å². The fraction of sp³-hybridized carbons (Fsp3) is 0.353. The lowest BCUT2D eigenvalue weighted by atomic mass is 10.2. The van der Waals surface area contributed by atoms with Crippen LogP contribution in [0.5, 0.6) is 0 Å². The number of nitrogens with zero attached hydrogens (tertiary/aromatic N) is 7. The van der Waals surface area contributed by atoms with Gasteiger partial charge in [0.15, 0.2) is 11.6 Å². The largest absolute Gasteiger partial charge is 0.352 e. The van der Waals surface area contributed by atoms with Crippen LogP contribution in [0.1, 0.15) is 23.5 Å². The van der Waals surface area contributed by atoms with E-state index in [1.807, 2.05) is 37.0 Å². The second-order valence-electron chi connectivity index (χ2n) is 6.11. The molecule has 0 fully saturated rings. The summed E-state index contributed by atoms with van der Waals surface area (Å²) in [6, 6.07) is 3.91. The predicted octanol–water partition coefficient (Wildman–Crippen LogP) is 1.79. The van der Waals surface area contributed by atoms with Gasteiger partial charge in [0, 0.05) is 43.3 Å². The Bertz CT molecular complexity index is 857. The first-order valence-corrected chi connectivity index (χ1v) is 8.06. The molecular weight excluding hydrogens is 302 g/mol. The van der Waals surface area contributed by atoms with Crippen molar-refractivity contribution >= 4 is 5.82 Å². The number of pyridine rings is 1. The fourth-order valence-electron chi connectivity index (χ4n) is 3.09. The first-order valence-electron chi connectivity index (χ1n) is 8.06. The topological polar surface area (TPSA) is 72.6 Å². The van der Waals surface area contributed by atoms with Gasteiger partial charge < -0.3 is 9.47 Å². The highest BCUT2D eigenvalue weighted by atomic mass is 15.3. The molecule has 4 rings (SSSR count). The SMILES string of the molecule is CN(Cc1nncn1C)c1nc(-c2cccnc2)nc2c1CCC2. The number of hydrogen-bond donors (Lipinski definition) is 0. The van der Waals surface area contributed by atoms with Crippen LogP contribution in [0.4, 0.5) is 5.82 Å². The summed E-state index contributed by atoms with van der Waals surface area (Å²) in [5.41, 5.74) is 3.36. The summed E-state index contributed by atoms with van der Waals surface area (Å²) in [4.78, 5) is 15.9. The Hall–Kier alpha value is -2.83. The molecular formula is C17H19N7. The Morgan fingerprint density at radius 2 is 2.17 bits per heavy atom. The molecule has 0 saturated heterocycles. The molecule has 0 unspecified atom stereocenters. The van der Waals surface area contributed by atoms with Crippen molar-refractivity contribution in [2.75, 3.05) is 11.9 Å². The minimum Gasteiger partial charge on any atom is -0.352 e. The molecule has 7 heteroatoms. The van der Waals surface area contributed by atoms with Crippen molar-refractivity contribution in [1.29, 1.82) is 0 Å². The summed E-state index contributed by atoms with van der Waals surface area (Å²) in [5, 5.41) is 8.12. The molecule has 0 amide bonds. The van der Waals surface area contributed by atoms with E-state index < -0.39 is 0 Å². The van der Waals surface area contributed by atoms with E-state index in [2.05, 4.69) is 20.1 Å². The Kier molecular flexibility index (Phi) is 3.68. The summed E-state index contributed by atoms with van der Waals surface area (Å²) in [6.45, 7) is 0.659. The first-order chi connectivity index (χ1) is 11.7. The molecule has 0 aromatic carbocycles. The zero-order valence-electron chi connectivity index (χ0n) is 13.8. The minimum atomic E-state index is 0.659. The Balaban J connectivity index is 1.74. The van der Waals surface area contributed by atoms with Gasteiger partial charge in [-0.25, -0.2) is 9.97 Å². The van der Waals surface area contributed by atoms with Crippen LogP contribution in [0.2, 0.25) is 0 Å². The summed E-state index contributed by atoms with van der Waals surface area (Å²) in [6.07, 6.45) is 8.46. The number of anilines is 1. The molecule has 0 bridgehead atoms. The summed E-state index contributed by atoms with van der Waals surface area (Å²) in [7, 11) is 4.00. The third-order valence-corrected chi connectivity index (χ3v) is 4.38. The van der Waals surface area contributed by atoms with Crippen molar-refractivity contribution in [1.82, 2.24) is 29.7 Å². The summed E-state index contributed by atoms with van der Waals surface area (Å²) in [5.74, 6) is 2.63. The van der Waals surface area contributed by atoms with Gasteiger partial charge in [0.05, 0.1) is 6.54 Å². The van der Waals surface area contributed by atoms with Crippen molar-refractivity contribution < 1.29 is 0 Å². The molecule has 3 aromatic rings. The molecule has 0 atom stereocenters. The van der Waals surface area contributed by atoms with Gasteiger partial charge in [-0.2, -0.15) is 0 Å². The van der Waals surface area contributed by atoms with Crippen LogP contribution in [-0.2, 0) is 26.4 Å². The third-order valence-electron chi connectivity index (χ3n) is 4.38. The molecule has 7 nitrogen and oxygen atoms in total. The van der Waals surface area contributed by atoms with E-state index in [1.54, 1.807) is 12.5 Å². The highest BCUT2D eigenvalue weighted by molar-refractivity contribution is 5.60. The smallest absolute Gasteiger partial charge is 0.163 e. The molecule has 0 N–H and O–H groups in total. The van der Waals surface area contributed by atoms with Gasteiger partial charge in [-0.05, 0) is 31.4 Å². The van der Waals surface area contributed by atoms with Crippen molar-refractivity contribution in [2.24, 2.45) is 7.05 Å².